The van der Waals surface area contributed by atoms with Crippen LogP contribution in [0.3, 0.4) is 0 Å². The van der Waals surface area contributed by atoms with E-state index in [1.807, 2.05) is 0 Å². The molecule has 0 spiro atoms. The number of hydrogen-bond acceptors (Lipinski definition) is 8. The Morgan fingerprint density at radius 2 is 2.00 bits per heavy atom. The molecule has 1 amide bonds. The Balaban J connectivity index is 1.79. The smallest absolute Gasteiger partial charge is 0.339 e. The number of carbonyl (C=O) groups is 2. The minimum absolute atomic E-state index is 0.113. The molecule has 0 aliphatic rings. The normalized spacial score (nSPS) is 10.2. The molecule has 0 bridgehead atoms. The maximum Gasteiger partial charge on any atom is 0.339 e. The van der Waals surface area contributed by atoms with Gasteiger partial charge in [0.1, 0.15) is 11.5 Å². The molecule has 0 saturated carbocycles. The van der Waals surface area contributed by atoms with Gasteiger partial charge in [-0.3, -0.25) is 4.79 Å². The number of aromatic nitrogens is 3. The van der Waals surface area contributed by atoms with Gasteiger partial charge >= 0.3 is 5.97 Å². The van der Waals surface area contributed by atoms with Gasteiger partial charge in [0.05, 0.1) is 18.4 Å². The fraction of sp³-hybridized carbons (Fsp3) is 0.118. The zero-order valence-corrected chi connectivity index (χ0v) is 14.0. The number of nitrogens with one attached hydrogen (secondary N) is 2. The summed E-state index contributed by atoms with van der Waals surface area (Å²) in [4.78, 5) is 32.4. The van der Waals surface area contributed by atoms with Crippen LogP contribution in [0.5, 0.6) is 0 Å². The first-order chi connectivity index (χ1) is 12.6. The van der Waals surface area contributed by atoms with E-state index in [9.17, 15) is 9.59 Å². The van der Waals surface area contributed by atoms with Crippen LogP contribution in [-0.4, -0.2) is 34.1 Å². The minimum atomic E-state index is -0.549. The number of anilines is 3. The predicted molar refractivity (Wildman–Crippen MR) is 92.3 cm³/mol. The summed E-state index contributed by atoms with van der Waals surface area (Å²) in [6.07, 6.45) is 1.43. The second-order valence-corrected chi connectivity index (χ2v) is 5.20. The summed E-state index contributed by atoms with van der Waals surface area (Å²) >= 11 is 0. The maximum absolute atomic E-state index is 12.5. The van der Waals surface area contributed by atoms with Crippen LogP contribution in [0.25, 0.3) is 0 Å². The Labute approximate surface area is 148 Å². The van der Waals surface area contributed by atoms with E-state index in [2.05, 4.69) is 25.8 Å². The summed E-state index contributed by atoms with van der Waals surface area (Å²) in [6, 6.07) is 9.65. The fourth-order valence-corrected chi connectivity index (χ4v) is 2.15. The molecule has 0 atom stereocenters. The van der Waals surface area contributed by atoms with Gasteiger partial charge in [-0.15, -0.1) is 0 Å². The van der Waals surface area contributed by atoms with Crippen LogP contribution in [0.1, 0.15) is 26.6 Å². The van der Waals surface area contributed by atoms with Crippen molar-refractivity contribution in [2.75, 3.05) is 17.7 Å². The third-order valence-electron chi connectivity index (χ3n) is 3.34. The van der Waals surface area contributed by atoms with Gasteiger partial charge in [0.2, 0.25) is 5.95 Å². The second-order valence-electron chi connectivity index (χ2n) is 5.20. The van der Waals surface area contributed by atoms with E-state index in [-0.39, 0.29) is 17.2 Å². The lowest BCUT2D eigenvalue weighted by molar-refractivity contribution is 0.0602. The van der Waals surface area contributed by atoms with Crippen LogP contribution < -0.4 is 10.6 Å². The highest BCUT2D eigenvalue weighted by molar-refractivity contribution is 6.07. The number of ether oxygens (including phenoxy) is 1. The molecule has 9 heteroatoms. The van der Waals surface area contributed by atoms with Crippen LogP contribution in [0.2, 0.25) is 0 Å². The molecule has 1 aromatic carbocycles. The summed E-state index contributed by atoms with van der Waals surface area (Å²) in [5.41, 5.74) is 0.681. The van der Waals surface area contributed by atoms with Crippen LogP contribution in [0.4, 0.5) is 17.5 Å². The Kier molecular flexibility index (Phi) is 4.88. The van der Waals surface area contributed by atoms with Crippen LogP contribution >= 0.6 is 0 Å². The first-order valence-electron chi connectivity index (χ1n) is 7.59. The molecule has 0 saturated heterocycles. The van der Waals surface area contributed by atoms with Gasteiger partial charge in [0, 0.05) is 12.3 Å². The van der Waals surface area contributed by atoms with Crippen molar-refractivity contribution in [1.29, 1.82) is 0 Å². The maximum atomic E-state index is 12.5. The van der Waals surface area contributed by atoms with Crippen molar-refractivity contribution >= 4 is 29.3 Å². The number of nitrogens with zero attached hydrogens (tertiary/aromatic N) is 3. The van der Waals surface area contributed by atoms with E-state index in [0.29, 0.717) is 17.3 Å². The summed E-state index contributed by atoms with van der Waals surface area (Å²) in [6.45, 7) is 1.75. The molecule has 0 unspecified atom stereocenters. The molecule has 2 heterocycles. The molecule has 2 N–H and O–H groups in total. The van der Waals surface area contributed by atoms with Crippen LogP contribution in [-0.2, 0) is 4.74 Å². The third kappa shape index (κ3) is 3.83. The predicted octanol–water partition coefficient (Wildman–Crippen LogP) is 2.56. The van der Waals surface area contributed by atoms with Crippen LogP contribution in [0, 0.1) is 6.92 Å². The molecular weight excluding hydrogens is 338 g/mol. The van der Waals surface area contributed by atoms with Crippen molar-refractivity contribution in [3.8, 4) is 0 Å². The summed E-state index contributed by atoms with van der Waals surface area (Å²) in [5, 5.41) is 9.26. The van der Waals surface area contributed by atoms with E-state index in [1.165, 1.54) is 19.4 Å². The topological polar surface area (TPSA) is 119 Å². The van der Waals surface area contributed by atoms with Gasteiger partial charge < -0.3 is 19.9 Å². The molecule has 0 fully saturated rings. The number of aryl methyl sites for hydroxylation is 1. The molecule has 26 heavy (non-hydrogen) atoms. The first kappa shape index (κ1) is 17.1. The van der Waals surface area contributed by atoms with Gasteiger partial charge in [0.25, 0.3) is 5.91 Å². The highest BCUT2D eigenvalue weighted by Gasteiger charge is 2.15. The summed E-state index contributed by atoms with van der Waals surface area (Å²) in [5.74, 6) is 0.194. The van der Waals surface area contributed by atoms with E-state index in [0.717, 1.165) is 0 Å². The molecule has 3 aromatic rings. The lowest BCUT2D eigenvalue weighted by Crippen LogP contribution is -2.17. The number of methoxy groups -OCH3 is 1. The minimum Gasteiger partial charge on any atom is -0.465 e. The Bertz CT molecular complexity index is 954. The number of benzene rings is 1. The summed E-state index contributed by atoms with van der Waals surface area (Å²) < 4.78 is 9.66. The molecule has 3 rings (SSSR count). The number of amides is 1. The Morgan fingerprint density at radius 3 is 2.73 bits per heavy atom. The van der Waals surface area contributed by atoms with Gasteiger partial charge in [-0.2, -0.15) is 0 Å². The third-order valence-corrected chi connectivity index (χ3v) is 3.34. The molecular formula is C17H15N5O4. The SMILES string of the molecule is COC(=O)c1ccccc1NC(=O)c1ccnc(Nc2cc(C)on2)n1. The largest absolute Gasteiger partial charge is 0.465 e. The van der Waals surface area contributed by atoms with Gasteiger partial charge in [-0.05, 0) is 25.1 Å². The fourth-order valence-electron chi connectivity index (χ4n) is 2.15. The lowest BCUT2D eigenvalue weighted by atomic mass is 10.1. The molecule has 9 nitrogen and oxygen atoms in total. The monoisotopic (exact) mass is 353 g/mol. The van der Waals surface area contributed by atoms with Crippen molar-refractivity contribution in [2.24, 2.45) is 0 Å². The Morgan fingerprint density at radius 1 is 1.19 bits per heavy atom. The van der Waals surface area contributed by atoms with Gasteiger partial charge in [-0.25, -0.2) is 14.8 Å². The van der Waals surface area contributed by atoms with E-state index in [1.54, 1.807) is 37.3 Å². The average Bonchev–Trinajstić information content (AvgIpc) is 3.06. The quantitative estimate of drug-likeness (QED) is 0.672. The molecule has 132 valence electrons. The number of carbonyl (C=O) groups excluding carboxylic acids is 2. The summed E-state index contributed by atoms with van der Waals surface area (Å²) in [7, 11) is 1.27. The van der Waals surface area contributed by atoms with Crippen molar-refractivity contribution < 1.29 is 18.8 Å². The van der Waals surface area contributed by atoms with Crippen molar-refractivity contribution in [1.82, 2.24) is 15.1 Å². The molecule has 0 radical (unpaired) electrons. The van der Waals surface area contributed by atoms with E-state index in [4.69, 9.17) is 9.26 Å². The van der Waals surface area contributed by atoms with E-state index >= 15 is 0 Å². The lowest BCUT2D eigenvalue weighted by Gasteiger charge is -2.09. The Hall–Kier alpha value is -3.75. The van der Waals surface area contributed by atoms with Gasteiger partial charge in [0.15, 0.2) is 5.82 Å². The first-order valence-corrected chi connectivity index (χ1v) is 7.59. The number of para-hydroxylation sites is 1. The zero-order chi connectivity index (χ0) is 18.5. The van der Waals surface area contributed by atoms with Gasteiger partial charge in [-0.1, -0.05) is 17.3 Å². The van der Waals surface area contributed by atoms with Crippen molar-refractivity contribution in [2.45, 2.75) is 6.92 Å². The van der Waals surface area contributed by atoms with Crippen molar-refractivity contribution in [3.05, 3.63) is 59.6 Å². The second kappa shape index (κ2) is 7.43. The number of esters is 1. The number of hydrogen-bond donors (Lipinski definition) is 2. The zero-order valence-electron chi connectivity index (χ0n) is 14.0. The standard InChI is InChI=1S/C17H15N5O4/c1-10-9-14(22-26-10)21-17-18-8-7-13(20-17)15(23)19-12-6-4-3-5-11(12)16(24)25-2/h3-9H,1-2H3,(H,19,23)(H,18,20,21,22). The van der Waals surface area contributed by atoms with E-state index < -0.39 is 11.9 Å². The van der Waals surface area contributed by atoms with Crippen molar-refractivity contribution in [3.63, 3.8) is 0 Å². The molecule has 0 aliphatic carbocycles. The highest BCUT2D eigenvalue weighted by Crippen LogP contribution is 2.17. The average molecular weight is 353 g/mol. The molecule has 0 aliphatic heterocycles. The highest BCUT2D eigenvalue weighted by atomic mass is 16.5. The van der Waals surface area contributed by atoms with Crippen LogP contribution in [0.15, 0.2) is 47.1 Å². The number of rotatable bonds is 5. The molecule has 2 aromatic heterocycles.